The molecule has 9 fully saturated rings. The Morgan fingerprint density at radius 3 is 2.10 bits per heavy atom. The van der Waals surface area contributed by atoms with Crippen LogP contribution in [0.1, 0.15) is 85.5 Å². The number of aliphatic hydroxyl groups is 9. The molecule has 0 aromatic heterocycles. The maximum atomic E-state index is 14.6. The zero-order valence-corrected chi connectivity index (χ0v) is 36.2. The van der Waals surface area contributed by atoms with Crippen molar-refractivity contribution >= 4 is 5.78 Å². The average Bonchev–Trinajstić information content (AvgIpc) is 3.70. The number of fused-ring (bicyclic) bond motifs is 7. The number of rotatable bonds is 8. The van der Waals surface area contributed by atoms with E-state index >= 15 is 0 Å². The van der Waals surface area contributed by atoms with Gasteiger partial charge in [-0.25, -0.2) is 0 Å². The van der Waals surface area contributed by atoms with Crippen LogP contribution in [-0.2, 0) is 42.7 Å². The molecule has 354 valence electrons. The minimum absolute atomic E-state index is 0.0242. The van der Waals surface area contributed by atoms with Gasteiger partial charge in [-0.1, -0.05) is 27.7 Å². The molecule has 1 spiro atoms. The van der Waals surface area contributed by atoms with Crippen LogP contribution < -0.4 is 0 Å². The van der Waals surface area contributed by atoms with Crippen LogP contribution in [0.5, 0.6) is 0 Å². The van der Waals surface area contributed by atoms with Gasteiger partial charge in [-0.2, -0.15) is 0 Å². The van der Waals surface area contributed by atoms with Gasteiger partial charge >= 0.3 is 0 Å². The average molecular weight is 887 g/mol. The molecule has 5 saturated heterocycles. The van der Waals surface area contributed by atoms with Crippen LogP contribution in [0.25, 0.3) is 0 Å². The van der Waals surface area contributed by atoms with Crippen molar-refractivity contribution in [3.8, 4) is 0 Å². The Labute approximate surface area is 362 Å². The number of Topliss-reactive ketones (excluding diaryl/α,β-unsaturated/α-hetero) is 1. The molecule has 4 aliphatic carbocycles. The first-order valence-corrected chi connectivity index (χ1v) is 23.2. The smallest absolute Gasteiger partial charge is 0.187 e. The monoisotopic (exact) mass is 886 g/mol. The molecule has 0 aromatic carbocycles. The number of ether oxygens (including phenoxy) is 8. The van der Waals surface area contributed by atoms with Crippen LogP contribution in [0, 0.1) is 52.3 Å². The summed E-state index contributed by atoms with van der Waals surface area (Å²) in [6.07, 6.45) is -14.9. The van der Waals surface area contributed by atoms with Gasteiger partial charge in [-0.3, -0.25) is 4.79 Å². The Hall–Kier alpha value is -1.01. The summed E-state index contributed by atoms with van der Waals surface area (Å²) in [7, 11) is 0. The van der Waals surface area contributed by atoms with E-state index in [-0.39, 0.29) is 47.2 Å². The zero-order valence-electron chi connectivity index (χ0n) is 36.2. The molecular weight excluding hydrogens is 816 g/mol. The minimum atomic E-state index is -1.84. The van der Waals surface area contributed by atoms with Gasteiger partial charge in [0.05, 0.1) is 38.6 Å². The van der Waals surface area contributed by atoms with E-state index < -0.39 is 117 Å². The van der Waals surface area contributed by atoms with Crippen LogP contribution in [-0.4, -0.2) is 182 Å². The molecule has 18 nitrogen and oxygen atoms in total. The molecule has 0 aromatic rings. The minimum Gasteiger partial charge on any atom is -0.394 e. The van der Waals surface area contributed by atoms with E-state index in [4.69, 9.17) is 37.9 Å². The predicted octanol–water partition coefficient (Wildman–Crippen LogP) is -0.915. The second-order valence-electron chi connectivity index (χ2n) is 20.9. The number of aliphatic hydroxyl groups excluding tert-OH is 9. The summed E-state index contributed by atoms with van der Waals surface area (Å²) >= 11 is 0. The summed E-state index contributed by atoms with van der Waals surface area (Å²) in [6, 6.07) is 0. The molecule has 2 unspecified atom stereocenters. The van der Waals surface area contributed by atoms with Gasteiger partial charge in [0.1, 0.15) is 72.9 Å². The lowest BCUT2D eigenvalue weighted by Crippen LogP contribution is -2.66. The molecule has 0 amide bonds. The molecule has 18 heteroatoms. The molecule has 9 N–H and O–H groups in total. The van der Waals surface area contributed by atoms with E-state index in [1.54, 1.807) is 0 Å². The first kappa shape index (κ1) is 46.1. The van der Waals surface area contributed by atoms with Crippen LogP contribution in [0.2, 0.25) is 0 Å². The molecule has 5 aliphatic heterocycles. The predicted molar refractivity (Wildman–Crippen MR) is 210 cm³/mol. The van der Waals surface area contributed by atoms with Crippen molar-refractivity contribution in [2.45, 2.75) is 189 Å². The number of carbonyl (C=O) groups is 1. The Morgan fingerprint density at radius 2 is 1.39 bits per heavy atom. The SMILES string of the molecule is C[C@@H]1CC[C@@]2(OC1)O[C@H]1C[C@H]3[C@@H]4CCC5CC(O[C@H]6O[C@H](CO)[C@H](O[C@H]7O[C@H](CO)[C@@H](O)[C@H](O[C@H]8OC[C@@H](O)[C@H](O)[C@H]8O)[C@H]7O)[C@H](O)[C@H]6O)CC[C@]5(C)[C@H]4CC(=O)[C@]3(C)[C@H]1[C@@H]2C. The molecule has 9 aliphatic rings. The van der Waals surface area contributed by atoms with Crippen molar-refractivity contribution in [2.75, 3.05) is 26.4 Å². The lowest BCUT2D eigenvalue weighted by Gasteiger charge is -2.60. The third kappa shape index (κ3) is 7.38. The highest BCUT2D eigenvalue weighted by atomic mass is 16.8. The van der Waals surface area contributed by atoms with Crippen LogP contribution in [0.4, 0.5) is 0 Å². The fraction of sp³-hybridized carbons (Fsp3) is 0.977. The topological polar surface area (TPSA) is 273 Å². The molecule has 26 atom stereocenters. The van der Waals surface area contributed by atoms with Crippen molar-refractivity contribution in [3.63, 3.8) is 0 Å². The second-order valence-corrected chi connectivity index (χ2v) is 20.9. The molecule has 0 bridgehead atoms. The summed E-state index contributed by atoms with van der Waals surface area (Å²) in [5, 5.41) is 95.6. The summed E-state index contributed by atoms with van der Waals surface area (Å²) in [6.45, 7) is 7.86. The Balaban J connectivity index is 0.827. The molecule has 0 radical (unpaired) electrons. The normalized spacial score (nSPS) is 57.8. The largest absolute Gasteiger partial charge is 0.394 e. The van der Waals surface area contributed by atoms with Crippen LogP contribution >= 0.6 is 0 Å². The van der Waals surface area contributed by atoms with Gasteiger partial charge in [0.25, 0.3) is 0 Å². The first-order chi connectivity index (χ1) is 29.4. The van der Waals surface area contributed by atoms with Crippen molar-refractivity contribution in [2.24, 2.45) is 52.3 Å². The number of hydrogen-bond acceptors (Lipinski definition) is 18. The Kier molecular flexibility index (Phi) is 12.8. The number of ketones is 1. The third-order valence-electron chi connectivity index (χ3n) is 17.8. The summed E-state index contributed by atoms with van der Waals surface area (Å²) in [5.41, 5.74) is -0.525. The van der Waals surface area contributed by atoms with Gasteiger partial charge in [0.2, 0.25) is 0 Å². The fourth-order valence-corrected chi connectivity index (χ4v) is 14.1. The molecule has 9 rings (SSSR count). The van der Waals surface area contributed by atoms with Crippen LogP contribution in [0.15, 0.2) is 0 Å². The summed E-state index contributed by atoms with van der Waals surface area (Å²) in [5.74, 6) is 1.77. The van der Waals surface area contributed by atoms with Gasteiger partial charge in [-0.15, -0.1) is 0 Å². The summed E-state index contributed by atoms with van der Waals surface area (Å²) < 4.78 is 48.2. The van der Waals surface area contributed by atoms with Crippen molar-refractivity contribution < 1.29 is 88.6 Å². The molecule has 5 heterocycles. The third-order valence-corrected chi connectivity index (χ3v) is 17.8. The van der Waals surface area contributed by atoms with Gasteiger partial charge < -0.3 is 83.9 Å². The van der Waals surface area contributed by atoms with E-state index in [1.165, 1.54) is 0 Å². The summed E-state index contributed by atoms with van der Waals surface area (Å²) in [4.78, 5) is 14.6. The number of carbonyl (C=O) groups excluding carboxylic acids is 1. The van der Waals surface area contributed by atoms with Crippen molar-refractivity contribution in [1.82, 2.24) is 0 Å². The fourth-order valence-electron chi connectivity index (χ4n) is 14.1. The van der Waals surface area contributed by atoms with Crippen LogP contribution in [0.3, 0.4) is 0 Å². The van der Waals surface area contributed by atoms with Crippen molar-refractivity contribution in [3.05, 3.63) is 0 Å². The van der Waals surface area contributed by atoms with E-state index in [1.807, 2.05) is 0 Å². The number of hydrogen-bond donors (Lipinski definition) is 9. The Morgan fingerprint density at radius 1 is 0.694 bits per heavy atom. The lowest BCUT2D eigenvalue weighted by atomic mass is 9.44. The second kappa shape index (κ2) is 17.3. The Bertz CT molecular complexity index is 1600. The van der Waals surface area contributed by atoms with E-state index in [0.717, 1.165) is 38.5 Å². The van der Waals surface area contributed by atoms with Crippen molar-refractivity contribution in [1.29, 1.82) is 0 Å². The highest BCUT2D eigenvalue weighted by Gasteiger charge is 2.72. The van der Waals surface area contributed by atoms with E-state index in [2.05, 4.69) is 27.7 Å². The zero-order chi connectivity index (χ0) is 44.2. The van der Waals surface area contributed by atoms with Gasteiger partial charge in [0, 0.05) is 30.1 Å². The molecule has 4 saturated carbocycles. The molecular formula is C44H70O18. The lowest BCUT2D eigenvalue weighted by molar-refractivity contribution is -0.378. The first-order valence-electron chi connectivity index (χ1n) is 23.2. The standard InChI is InChI=1S/C44H70O18/c1-18-7-10-44(56-16-18)19(2)30-26(62-44)12-24-22-6-5-20-11-21(8-9-42(20,3)23(22)13-29(48)43(24,30)4)57-40-35(53)33(51)37(28(15-46)59-40)60-41-36(54)38(32(50)27(14-45)58-41)61-39-34(52)31(49)25(47)17-55-39/h18-28,30-41,45-47,49-54H,5-17H2,1-4H3/t18-,19+,20?,21?,22-,23+,24+,25-,26+,27-,28-,30+,31+,32-,33-,34-,35-,36-,37+,38+,39-,40+,41-,42+,43-,44-/m1/s1. The maximum absolute atomic E-state index is 14.6. The highest BCUT2D eigenvalue weighted by Crippen LogP contribution is 2.70. The molecule has 62 heavy (non-hydrogen) atoms. The van der Waals surface area contributed by atoms with Gasteiger partial charge in [0.15, 0.2) is 24.7 Å². The quantitative estimate of drug-likeness (QED) is 0.133. The van der Waals surface area contributed by atoms with Gasteiger partial charge in [-0.05, 0) is 80.0 Å². The maximum Gasteiger partial charge on any atom is 0.187 e. The van der Waals surface area contributed by atoms with E-state index in [9.17, 15) is 50.8 Å². The highest BCUT2D eigenvalue weighted by molar-refractivity contribution is 5.87. The van der Waals surface area contributed by atoms with E-state index in [0.29, 0.717) is 43.5 Å².